The number of fused-ring (bicyclic) bond motifs is 1. The highest BCUT2D eigenvalue weighted by Gasteiger charge is 2.47. The molecule has 1 aliphatic carbocycles. The summed E-state index contributed by atoms with van der Waals surface area (Å²) in [5, 5.41) is 9.49. The van der Waals surface area contributed by atoms with E-state index in [2.05, 4.69) is 65.3 Å². The molecular formula is C26H35N3O2. The Hall–Kier alpha value is -2.53. The Balaban J connectivity index is 1.46. The maximum Gasteiger partial charge on any atom is 0.314 e. The van der Waals surface area contributed by atoms with Crippen molar-refractivity contribution in [1.29, 1.82) is 0 Å². The molecule has 3 N–H and O–H groups in total. The molecule has 0 spiro atoms. The minimum Gasteiger partial charge on any atom is -0.492 e. The summed E-state index contributed by atoms with van der Waals surface area (Å²) in [5.41, 5.74) is 5.72. The molecule has 0 bridgehead atoms. The first-order chi connectivity index (χ1) is 15.1. The molecule has 1 aliphatic heterocycles. The molecule has 5 heteroatoms. The Labute approximate surface area is 186 Å². The van der Waals surface area contributed by atoms with Gasteiger partial charge in [-0.3, -0.25) is 0 Å². The number of carbonyl (C=O) groups excluding carboxylic acids is 1. The minimum atomic E-state index is -0.134. The summed E-state index contributed by atoms with van der Waals surface area (Å²) in [4.78, 5) is 11.7. The van der Waals surface area contributed by atoms with Crippen molar-refractivity contribution in [3.63, 3.8) is 0 Å². The zero-order valence-electron chi connectivity index (χ0n) is 18.8. The predicted octanol–water partition coefficient (Wildman–Crippen LogP) is 4.39. The number of nitrogens with one attached hydrogen (secondary N) is 3. The molecule has 2 aliphatic rings. The van der Waals surface area contributed by atoms with Gasteiger partial charge in [0.1, 0.15) is 12.4 Å². The molecule has 1 atom stereocenters. The Morgan fingerprint density at radius 3 is 2.61 bits per heavy atom. The van der Waals surface area contributed by atoms with E-state index in [0.717, 1.165) is 25.1 Å². The van der Waals surface area contributed by atoms with Crippen LogP contribution in [0.4, 0.5) is 4.79 Å². The molecule has 166 valence electrons. The summed E-state index contributed by atoms with van der Waals surface area (Å²) in [6.45, 7) is 6.84. The number of hydrogen-bond acceptors (Lipinski definition) is 3. The average molecular weight is 422 g/mol. The van der Waals surface area contributed by atoms with Gasteiger partial charge in [-0.15, -0.1) is 0 Å². The van der Waals surface area contributed by atoms with Crippen LogP contribution in [-0.4, -0.2) is 32.3 Å². The number of amides is 2. The van der Waals surface area contributed by atoms with E-state index in [1.165, 1.54) is 41.5 Å². The van der Waals surface area contributed by atoms with Crippen molar-refractivity contribution < 1.29 is 9.53 Å². The van der Waals surface area contributed by atoms with Crippen LogP contribution in [0.1, 0.15) is 60.9 Å². The van der Waals surface area contributed by atoms with Gasteiger partial charge in [-0.25, -0.2) is 4.79 Å². The van der Waals surface area contributed by atoms with E-state index in [0.29, 0.717) is 25.7 Å². The van der Waals surface area contributed by atoms with Gasteiger partial charge in [-0.1, -0.05) is 49.2 Å². The van der Waals surface area contributed by atoms with Gasteiger partial charge in [0.25, 0.3) is 0 Å². The number of benzene rings is 2. The van der Waals surface area contributed by atoms with Crippen molar-refractivity contribution in [2.24, 2.45) is 0 Å². The topological polar surface area (TPSA) is 62.4 Å². The van der Waals surface area contributed by atoms with Crippen molar-refractivity contribution in [2.75, 3.05) is 26.2 Å². The molecule has 1 fully saturated rings. The van der Waals surface area contributed by atoms with E-state index in [1.54, 1.807) is 0 Å². The first-order valence-corrected chi connectivity index (χ1v) is 11.7. The fraction of sp³-hybridized carbons (Fsp3) is 0.500. The van der Waals surface area contributed by atoms with E-state index in [9.17, 15) is 4.79 Å². The third-order valence-corrected chi connectivity index (χ3v) is 6.79. The van der Waals surface area contributed by atoms with Gasteiger partial charge in [0.2, 0.25) is 0 Å². The van der Waals surface area contributed by atoms with Crippen LogP contribution in [-0.2, 0) is 11.8 Å². The Morgan fingerprint density at radius 2 is 1.90 bits per heavy atom. The van der Waals surface area contributed by atoms with Gasteiger partial charge in [0.15, 0.2) is 0 Å². The Morgan fingerprint density at radius 1 is 1.13 bits per heavy atom. The third kappa shape index (κ3) is 4.72. The van der Waals surface area contributed by atoms with Crippen molar-refractivity contribution in [3.8, 4) is 5.75 Å². The highest BCUT2D eigenvalue weighted by atomic mass is 16.5. The van der Waals surface area contributed by atoms with Gasteiger partial charge in [0, 0.05) is 18.0 Å². The largest absolute Gasteiger partial charge is 0.492 e. The summed E-state index contributed by atoms with van der Waals surface area (Å²) >= 11 is 0. The van der Waals surface area contributed by atoms with Gasteiger partial charge in [-0.2, -0.15) is 0 Å². The molecule has 31 heavy (non-hydrogen) atoms. The second-order valence-electron chi connectivity index (χ2n) is 8.90. The molecule has 2 amide bonds. The maximum absolute atomic E-state index is 11.7. The number of aryl methyl sites for hydroxylation is 1. The molecule has 1 unspecified atom stereocenters. The molecular weight excluding hydrogens is 386 g/mol. The molecule has 1 heterocycles. The molecule has 0 radical (unpaired) electrons. The standard InChI is InChI=1S/C26H35N3O2/c1-3-14-28-25(30)29-16-17-31-22-10-7-20-11-15-27-24(23(20)18-22)26(12-4-13-26)21-8-5-19(2)6-9-21/h5-10,18,24,27H,3-4,11-17H2,1-2H3,(H2,28,29,30). The summed E-state index contributed by atoms with van der Waals surface area (Å²) in [6.07, 6.45) is 5.70. The summed E-state index contributed by atoms with van der Waals surface area (Å²) in [7, 11) is 0. The zero-order valence-corrected chi connectivity index (χ0v) is 18.8. The van der Waals surface area contributed by atoms with Crippen LogP contribution >= 0.6 is 0 Å². The van der Waals surface area contributed by atoms with Crippen LogP contribution in [0.2, 0.25) is 0 Å². The quantitative estimate of drug-likeness (QED) is 0.554. The first-order valence-electron chi connectivity index (χ1n) is 11.7. The lowest BCUT2D eigenvalue weighted by Gasteiger charge is -2.50. The Kier molecular flexibility index (Phi) is 6.81. The minimum absolute atomic E-state index is 0.134. The summed E-state index contributed by atoms with van der Waals surface area (Å²) < 4.78 is 5.99. The molecule has 2 aromatic carbocycles. The normalized spacial score (nSPS) is 19.1. The summed E-state index contributed by atoms with van der Waals surface area (Å²) in [6, 6.07) is 15.8. The van der Waals surface area contributed by atoms with Crippen LogP contribution < -0.4 is 20.7 Å². The fourth-order valence-electron chi connectivity index (χ4n) is 4.94. The zero-order chi connectivity index (χ0) is 21.7. The third-order valence-electron chi connectivity index (χ3n) is 6.79. The monoisotopic (exact) mass is 421 g/mol. The van der Waals surface area contributed by atoms with E-state index >= 15 is 0 Å². The second-order valence-corrected chi connectivity index (χ2v) is 8.90. The molecule has 0 aromatic heterocycles. The summed E-state index contributed by atoms with van der Waals surface area (Å²) in [5.74, 6) is 0.876. The SMILES string of the molecule is CCCNC(=O)NCCOc1ccc2c(c1)C(C1(c3ccc(C)cc3)CCC1)NCC2. The van der Waals surface area contributed by atoms with Crippen LogP contribution in [0.25, 0.3) is 0 Å². The van der Waals surface area contributed by atoms with Crippen molar-refractivity contribution in [3.05, 3.63) is 64.7 Å². The highest BCUT2D eigenvalue weighted by Crippen LogP contribution is 2.53. The van der Waals surface area contributed by atoms with Crippen LogP contribution in [0.3, 0.4) is 0 Å². The fourth-order valence-corrected chi connectivity index (χ4v) is 4.94. The number of urea groups is 1. The molecule has 0 saturated heterocycles. The maximum atomic E-state index is 11.7. The predicted molar refractivity (Wildman–Crippen MR) is 125 cm³/mol. The van der Waals surface area contributed by atoms with Gasteiger partial charge in [-0.05, 0) is 68.0 Å². The van der Waals surface area contributed by atoms with E-state index < -0.39 is 0 Å². The number of ether oxygens (including phenoxy) is 1. The van der Waals surface area contributed by atoms with E-state index in [4.69, 9.17) is 4.74 Å². The molecule has 4 rings (SSSR count). The molecule has 2 aromatic rings. The average Bonchev–Trinajstić information content (AvgIpc) is 2.76. The van der Waals surface area contributed by atoms with Gasteiger partial charge >= 0.3 is 6.03 Å². The Bertz CT molecular complexity index is 890. The lowest BCUT2D eigenvalue weighted by atomic mass is 9.58. The number of rotatable bonds is 8. The van der Waals surface area contributed by atoms with Crippen molar-refractivity contribution in [2.45, 2.75) is 57.4 Å². The lowest BCUT2D eigenvalue weighted by molar-refractivity contribution is 0.164. The lowest BCUT2D eigenvalue weighted by Crippen LogP contribution is -2.49. The highest BCUT2D eigenvalue weighted by molar-refractivity contribution is 5.73. The van der Waals surface area contributed by atoms with Gasteiger partial charge in [0.05, 0.1) is 6.54 Å². The van der Waals surface area contributed by atoms with Crippen molar-refractivity contribution >= 4 is 6.03 Å². The van der Waals surface area contributed by atoms with Gasteiger partial charge < -0.3 is 20.7 Å². The second kappa shape index (κ2) is 9.73. The molecule has 1 saturated carbocycles. The first kappa shape index (κ1) is 21.7. The van der Waals surface area contributed by atoms with Crippen LogP contribution in [0.15, 0.2) is 42.5 Å². The van der Waals surface area contributed by atoms with Crippen LogP contribution in [0.5, 0.6) is 5.75 Å². The van der Waals surface area contributed by atoms with E-state index in [1.807, 2.05) is 6.92 Å². The molecule has 5 nitrogen and oxygen atoms in total. The number of hydrogen-bond donors (Lipinski definition) is 3. The number of carbonyl (C=O) groups is 1. The van der Waals surface area contributed by atoms with E-state index in [-0.39, 0.29) is 11.4 Å². The van der Waals surface area contributed by atoms with Crippen LogP contribution in [0, 0.1) is 6.92 Å². The smallest absolute Gasteiger partial charge is 0.314 e. The van der Waals surface area contributed by atoms with Crippen molar-refractivity contribution in [1.82, 2.24) is 16.0 Å².